The molecule has 2 bridgehead atoms. The molecule has 6 heteroatoms. The summed E-state index contributed by atoms with van der Waals surface area (Å²) in [5, 5.41) is 9.64. The number of rotatable bonds is 2. The number of hydrogen-bond acceptors (Lipinski definition) is 4. The highest BCUT2D eigenvalue weighted by atomic mass is 79.9. The summed E-state index contributed by atoms with van der Waals surface area (Å²) < 4.78 is 6.38. The summed E-state index contributed by atoms with van der Waals surface area (Å²) in [5.74, 6) is -1.75. The molecule has 21 heavy (non-hydrogen) atoms. The number of aliphatic hydroxyl groups is 1. The number of benzene rings is 1. The van der Waals surface area contributed by atoms with E-state index >= 15 is 0 Å². The number of aliphatic hydroxyl groups excluding tert-OH is 1. The summed E-state index contributed by atoms with van der Waals surface area (Å²) in [4.78, 5) is 26.7. The molecule has 4 atom stereocenters. The van der Waals surface area contributed by atoms with E-state index in [1.54, 1.807) is 30.4 Å². The smallest absolute Gasteiger partial charge is 0.241 e. The van der Waals surface area contributed by atoms with E-state index in [4.69, 9.17) is 4.74 Å². The topological polar surface area (TPSA) is 66.8 Å². The monoisotopic (exact) mass is 349 g/mol. The van der Waals surface area contributed by atoms with Crippen LogP contribution in [0.3, 0.4) is 0 Å². The van der Waals surface area contributed by atoms with E-state index in [-0.39, 0.29) is 18.4 Å². The average molecular weight is 350 g/mol. The highest BCUT2D eigenvalue weighted by molar-refractivity contribution is 9.10. The molecule has 3 aliphatic heterocycles. The minimum atomic E-state index is -1.04. The maximum Gasteiger partial charge on any atom is 0.241 e. The molecule has 4 rings (SSSR count). The van der Waals surface area contributed by atoms with Crippen molar-refractivity contribution in [2.75, 3.05) is 11.5 Å². The molecule has 2 amide bonds. The number of halogens is 1. The second kappa shape index (κ2) is 4.25. The van der Waals surface area contributed by atoms with Gasteiger partial charge in [-0.15, -0.1) is 0 Å². The highest BCUT2D eigenvalue weighted by Crippen LogP contribution is 2.52. The Bertz CT molecular complexity index is 688. The molecule has 1 aromatic rings. The van der Waals surface area contributed by atoms with Gasteiger partial charge in [0.25, 0.3) is 0 Å². The molecule has 3 heterocycles. The van der Waals surface area contributed by atoms with Gasteiger partial charge in [-0.3, -0.25) is 9.59 Å². The van der Waals surface area contributed by atoms with Gasteiger partial charge in [0.1, 0.15) is 5.60 Å². The van der Waals surface area contributed by atoms with Gasteiger partial charge in [0.05, 0.1) is 30.2 Å². The van der Waals surface area contributed by atoms with Gasteiger partial charge in [-0.1, -0.05) is 24.3 Å². The first kappa shape index (κ1) is 13.2. The van der Waals surface area contributed by atoms with Crippen LogP contribution >= 0.6 is 15.9 Å². The first-order chi connectivity index (χ1) is 10.1. The lowest BCUT2D eigenvalue weighted by Crippen LogP contribution is -2.43. The Kier molecular flexibility index (Phi) is 2.67. The third-order valence-electron chi connectivity index (χ3n) is 4.50. The molecule has 1 N–H and O–H groups in total. The van der Waals surface area contributed by atoms with Crippen molar-refractivity contribution in [1.29, 1.82) is 0 Å². The standard InChI is InChI=1S/C15H12BrNO4/c16-8-3-1-2-4-9(8)17-13(19)11-10-5-6-15(7-18,21-10)12(11)14(17)20/h1-6,10-12,18H,7H2/t10-,11+,12-,15+/m1/s1. The maximum atomic E-state index is 12.8. The third-order valence-corrected chi connectivity index (χ3v) is 5.17. The Morgan fingerprint density at radius 3 is 2.76 bits per heavy atom. The maximum absolute atomic E-state index is 12.8. The zero-order chi connectivity index (χ0) is 14.8. The number of ether oxygens (including phenoxy) is 1. The molecule has 108 valence electrons. The third kappa shape index (κ3) is 1.52. The van der Waals surface area contributed by atoms with E-state index in [0.29, 0.717) is 10.2 Å². The predicted molar refractivity (Wildman–Crippen MR) is 77.4 cm³/mol. The van der Waals surface area contributed by atoms with Gasteiger partial charge in [-0.2, -0.15) is 0 Å². The van der Waals surface area contributed by atoms with Gasteiger partial charge >= 0.3 is 0 Å². The van der Waals surface area contributed by atoms with E-state index in [1.165, 1.54) is 4.90 Å². The lowest BCUT2D eigenvalue weighted by atomic mass is 9.77. The molecular formula is C15H12BrNO4. The fourth-order valence-electron chi connectivity index (χ4n) is 3.55. The quantitative estimate of drug-likeness (QED) is 0.644. The molecule has 0 aromatic heterocycles. The highest BCUT2D eigenvalue weighted by Gasteiger charge is 2.67. The Labute approximate surface area is 129 Å². The van der Waals surface area contributed by atoms with Crippen molar-refractivity contribution in [2.24, 2.45) is 11.8 Å². The second-order valence-electron chi connectivity index (χ2n) is 5.52. The number of para-hydroxylation sites is 1. The van der Waals surface area contributed by atoms with Crippen molar-refractivity contribution in [3.05, 3.63) is 40.9 Å². The number of nitrogens with zero attached hydrogens (tertiary/aromatic N) is 1. The van der Waals surface area contributed by atoms with Crippen molar-refractivity contribution < 1.29 is 19.4 Å². The van der Waals surface area contributed by atoms with Crippen molar-refractivity contribution >= 4 is 33.4 Å². The van der Waals surface area contributed by atoms with Crippen LogP contribution in [0, 0.1) is 11.8 Å². The van der Waals surface area contributed by atoms with Crippen LogP contribution in [-0.4, -0.2) is 35.2 Å². The fraction of sp³-hybridized carbons (Fsp3) is 0.333. The van der Waals surface area contributed by atoms with Crippen LogP contribution in [0.2, 0.25) is 0 Å². The van der Waals surface area contributed by atoms with E-state index in [2.05, 4.69) is 15.9 Å². The molecule has 0 radical (unpaired) electrons. The Morgan fingerprint density at radius 2 is 2.05 bits per heavy atom. The molecule has 3 aliphatic rings. The summed E-state index contributed by atoms with van der Waals surface area (Å²) in [6.45, 7) is -0.302. The number of fused-ring (bicyclic) bond motifs is 5. The zero-order valence-electron chi connectivity index (χ0n) is 10.9. The molecule has 2 fully saturated rings. The number of carbonyl (C=O) groups is 2. The number of anilines is 1. The molecule has 1 aromatic carbocycles. The van der Waals surface area contributed by atoms with Crippen molar-refractivity contribution in [2.45, 2.75) is 11.7 Å². The zero-order valence-corrected chi connectivity index (χ0v) is 12.5. The number of carbonyl (C=O) groups excluding carboxylic acids is 2. The van der Waals surface area contributed by atoms with E-state index < -0.39 is 23.5 Å². The van der Waals surface area contributed by atoms with Gasteiger partial charge in [0.15, 0.2) is 0 Å². The molecule has 5 nitrogen and oxygen atoms in total. The Morgan fingerprint density at radius 1 is 1.29 bits per heavy atom. The van der Waals surface area contributed by atoms with Crippen LogP contribution in [0.15, 0.2) is 40.9 Å². The van der Waals surface area contributed by atoms with Gasteiger partial charge in [-0.25, -0.2) is 4.90 Å². The van der Waals surface area contributed by atoms with Crippen molar-refractivity contribution in [3.8, 4) is 0 Å². The largest absolute Gasteiger partial charge is 0.393 e. The average Bonchev–Trinajstić information content (AvgIpc) is 3.12. The molecule has 0 aliphatic carbocycles. The van der Waals surface area contributed by atoms with Gasteiger partial charge in [0.2, 0.25) is 11.8 Å². The molecule has 2 saturated heterocycles. The second-order valence-corrected chi connectivity index (χ2v) is 6.38. The Hall–Kier alpha value is -1.50. The fourth-order valence-corrected chi connectivity index (χ4v) is 4.02. The SMILES string of the molecule is O=C1[C@H]2[C@H]3C=C[C@@](CO)(O3)[C@H]2C(=O)N1c1ccccc1Br. The van der Waals surface area contributed by atoms with Crippen LogP contribution in [0.5, 0.6) is 0 Å². The van der Waals surface area contributed by atoms with E-state index in [1.807, 2.05) is 6.07 Å². The minimum Gasteiger partial charge on any atom is -0.393 e. The van der Waals surface area contributed by atoms with E-state index in [0.717, 1.165) is 0 Å². The molecular weight excluding hydrogens is 338 g/mol. The molecule has 0 saturated carbocycles. The summed E-state index contributed by atoms with van der Waals surface area (Å²) >= 11 is 3.38. The lowest BCUT2D eigenvalue weighted by molar-refractivity contribution is -0.128. The summed E-state index contributed by atoms with van der Waals surface area (Å²) in [5.41, 5.74) is -0.507. The normalized spacial score (nSPS) is 36.7. The van der Waals surface area contributed by atoms with Crippen LogP contribution in [-0.2, 0) is 14.3 Å². The first-order valence-corrected chi connectivity index (χ1v) is 7.49. The van der Waals surface area contributed by atoms with Gasteiger partial charge < -0.3 is 9.84 Å². The van der Waals surface area contributed by atoms with Crippen LogP contribution in [0.1, 0.15) is 0 Å². The Balaban J connectivity index is 1.81. The predicted octanol–water partition coefficient (Wildman–Crippen LogP) is 1.25. The number of imide groups is 1. The van der Waals surface area contributed by atoms with Crippen LogP contribution in [0.4, 0.5) is 5.69 Å². The molecule has 0 unspecified atom stereocenters. The van der Waals surface area contributed by atoms with Crippen LogP contribution in [0.25, 0.3) is 0 Å². The minimum absolute atomic E-state index is 0.262. The first-order valence-electron chi connectivity index (χ1n) is 6.69. The van der Waals surface area contributed by atoms with Gasteiger partial charge in [0, 0.05) is 4.47 Å². The lowest BCUT2D eigenvalue weighted by Gasteiger charge is -2.26. The van der Waals surface area contributed by atoms with Crippen molar-refractivity contribution in [1.82, 2.24) is 0 Å². The number of hydrogen-bond donors (Lipinski definition) is 1. The molecule has 0 spiro atoms. The number of amides is 2. The summed E-state index contributed by atoms with van der Waals surface area (Å²) in [6, 6.07) is 7.11. The van der Waals surface area contributed by atoms with Gasteiger partial charge in [-0.05, 0) is 28.1 Å². The van der Waals surface area contributed by atoms with Crippen molar-refractivity contribution in [3.63, 3.8) is 0 Å². The van der Waals surface area contributed by atoms with E-state index in [9.17, 15) is 14.7 Å². The summed E-state index contributed by atoms with van der Waals surface area (Å²) in [6.07, 6.45) is 3.06. The van der Waals surface area contributed by atoms with Crippen LogP contribution < -0.4 is 4.90 Å². The summed E-state index contributed by atoms with van der Waals surface area (Å²) in [7, 11) is 0.